The van der Waals surface area contributed by atoms with E-state index in [1.54, 1.807) is 0 Å². The number of hydrogen-bond acceptors (Lipinski definition) is 9. The van der Waals surface area contributed by atoms with Gasteiger partial charge >= 0.3 is 12.1 Å². The first-order valence-corrected chi connectivity index (χ1v) is 17.1. The molecule has 3 amide bonds. The van der Waals surface area contributed by atoms with E-state index < -0.39 is 18.1 Å². The third-order valence-electron chi connectivity index (χ3n) is 7.76. The molecule has 3 rings (SSSR count). The molecule has 13 nitrogen and oxygen atoms in total. The molecule has 2 aromatic carbocycles. The lowest BCUT2D eigenvalue weighted by molar-refractivity contribution is -0.138. The fourth-order valence-corrected chi connectivity index (χ4v) is 5.33. The fraction of sp³-hybridized carbons (Fsp3) is 0.556. The first-order valence-electron chi connectivity index (χ1n) is 17.1. The summed E-state index contributed by atoms with van der Waals surface area (Å²) in [6.45, 7) is 5.39. The van der Waals surface area contributed by atoms with E-state index in [1.807, 2.05) is 31.2 Å². The molecule has 0 saturated heterocycles. The van der Waals surface area contributed by atoms with E-state index in [1.165, 1.54) is 0 Å². The number of rotatable bonds is 26. The standard InChI is InChI=1S/C36H51N3O10/c1-2-18-45-22-23-46-19-14-33(40)39-32(35(43)37-17-21-48-25-24-47-20-15-34(41)42)13-7-8-16-38-36(44)49-26-31-29-11-5-3-9-27(29)28-10-4-6-12-30(28)31/h3-6,9-12,31-32H,2,7-8,13-26H2,1H3,(H,37,43)(H,38,44)(H,39,40)(H,41,42)/t32-/m0/s1. The molecule has 0 saturated carbocycles. The number of carbonyl (C=O) groups is 4. The van der Waals surface area contributed by atoms with Gasteiger partial charge < -0.3 is 44.7 Å². The van der Waals surface area contributed by atoms with Crippen LogP contribution < -0.4 is 16.0 Å². The molecule has 49 heavy (non-hydrogen) atoms. The molecule has 0 unspecified atom stereocenters. The van der Waals surface area contributed by atoms with E-state index in [0.717, 1.165) is 28.7 Å². The normalized spacial score (nSPS) is 12.5. The van der Waals surface area contributed by atoms with Gasteiger partial charge in [-0.2, -0.15) is 0 Å². The Balaban J connectivity index is 1.36. The second-order valence-electron chi connectivity index (χ2n) is 11.5. The van der Waals surface area contributed by atoms with Crippen molar-refractivity contribution in [1.82, 2.24) is 16.0 Å². The summed E-state index contributed by atoms with van der Waals surface area (Å²) in [5.74, 6) is -1.60. The van der Waals surface area contributed by atoms with Gasteiger partial charge in [0.1, 0.15) is 12.6 Å². The molecule has 1 aliphatic carbocycles. The quantitative estimate of drug-likeness (QED) is 0.107. The molecule has 0 bridgehead atoms. The topological polar surface area (TPSA) is 171 Å². The van der Waals surface area contributed by atoms with Gasteiger partial charge in [-0.25, -0.2) is 4.79 Å². The number of carboxylic acid groups (broad SMARTS) is 1. The van der Waals surface area contributed by atoms with Gasteiger partial charge in [-0.15, -0.1) is 0 Å². The highest BCUT2D eigenvalue weighted by Gasteiger charge is 2.29. The Labute approximate surface area is 288 Å². The zero-order valence-electron chi connectivity index (χ0n) is 28.4. The predicted octanol–water partition coefficient (Wildman–Crippen LogP) is 3.64. The van der Waals surface area contributed by atoms with Gasteiger partial charge in [-0.05, 0) is 47.9 Å². The van der Waals surface area contributed by atoms with Gasteiger partial charge in [0.05, 0.1) is 52.7 Å². The summed E-state index contributed by atoms with van der Waals surface area (Å²) < 4.78 is 27.0. The Morgan fingerprint density at radius 3 is 1.94 bits per heavy atom. The van der Waals surface area contributed by atoms with Crippen LogP contribution in [0.4, 0.5) is 4.79 Å². The Morgan fingerprint density at radius 2 is 1.31 bits per heavy atom. The molecule has 0 heterocycles. The molecular weight excluding hydrogens is 634 g/mol. The smallest absolute Gasteiger partial charge is 0.407 e. The van der Waals surface area contributed by atoms with Crippen molar-refractivity contribution in [1.29, 1.82) is 0 Å². The Bertz CT molecular complexity index is 1260. The van der Waals surface area contributed by atoms with Crippen molar-refractivity contribution in [2.75, 3.05) is 72.6 Å². The van der Waals surface area contributed by atoms with Crippen LogP contribution in [0.5, 0.6) is 0 Å². The van der Waals surface area contributed by atoms with Crippen LogP contribution >= 0.6 is 0 Å². The largest absolute Gasteiger partial charge is 0.481 e. The van der Waals surface area contributed by atoms with Crippen molar-refractivity contribution in [2.45, 2.75) is 57.4 Å². The highest BCUT2D eigenvalue weighted by molar-refractivity contribution is 5.87. The number of hydrogen-bond donors (Lipinski definition) is 4. The second-order valence-corrected chi connectivity index (χ2v) is 11.5. The molecule has 13 heteroatoms. The number of unbranched alkanes of at least 4 members (excludes halogenated alkanes) is 1. The maximum Gasteiger partial charge on any atom is 0.407 e. The minimum atomic E-state index is -0.929. The van der Waals surface area contributed by atoms with Crippen LogP contribution in [0.1, 0.15) is 62.5 Å². The van der Waals surface area contributed by atoms with E-state index >= 15 is 0 Å². The summed E-state index contributed by atoms with van der Waals surface area (Å²) in [7, 11) is 0. The van der Waals surface area contributed by atoms with E-state index in [4.69, 9.17) is 28.8 Å². The Hall–Kier alpha value is -4.04. The molecule has 2 aromatic rings. The second kappa shape index (κ2) is 23.3. The number of carboxylic acids is 1. The van der Waals surface area contributed by atoms with Crippen molar-refractivity contribution in [3.63, 3.8) is 0 Å². The lowest BCUT2D eigenvalue weighted by atomic mass is 9.98. The molecule has 0 fully saturated rings. The summed E-state index contributed by atoms with van der Waals surface area (Å²) in [6, 6.07) is 15.5. The van der Waals surface area contributed by atoms with Crippen LogP contribution in [0.15, 0.2) is 48.5 Å². The van der Waals surface area contributed by atoms with Crippen LogP contribution in [0, 0.1) is 0 Å². The maximum absolute atomic E-state index is 13.0. The van der Waals surface area contributed by atoms with Crippen molar-refractivity contribution in [3.8, 4) is 11.1 Å². The van der Waals surface area contributed by atoms with E-state index in [0.29, 0.717) is 45.6 Å². The average Bonchev–Trinajstić information content (AvgIpc) is 3.42. The van der Waals surface area contributed by atoms with Crippen molar-refractivity contribution < 1.29 is 48.0 Å². The highest BCUT2D eigenvalue weighted by Crippen LogP contribution is 2.44. The molecular formula is C36H51N3O10. The predicted molar refractivity (Wildman–Crippen MR) is 182 cm³/mol. The third-order valence-corrected chi connectivity index (χ3v) is 7.76. The van der Waals surface area contributed by atoms with Gasteiger partial charge in [0.2, 0.25) is 11.8 Å². The first kappa shape index (κ1) is 39.4. The number of nitrogens with one attached hydrogen (secondary N) is 3. The average molecular weight is 686 g/mol. The Morgan fingerprint density at radius 1 is 0.714 bits per heavy atom. The number of alkyl carbamates (subject to hydrolysis) is 1. The number of amides is 3. The van der Waals surface area contributed by atoms with Gasteiger partial charge in [0.25, 0.3) is 0 Å². The maximum atomic E-state index is 13.0. The minimum absolute atomic E-state index is 0.0247. The molecule has 0 radical (unpaired) electrons. The fourth-order valence-electron chi connectivity index (χ4n) is 5.33. The molecule has 0 aromatic heterocycles. The molecule has 0 aliphatic heterocycles. The van der Waals surface area contributed by atoms with Crippen molar-refractivity contribution in [3.05, 3.63) is 59.7 Å². The zero-order chi connectivity index (χ0) is 35.1. The monoisotopic (exact) mass is 685 g/mol. The van der Waals surface area contributed by atoms with Crippen LogP contribution in [-0.4, -0.2) is 108 Å². The lowest BCUT2D eigenvalue weighted by Gasteiger charge is -2.19. The van der Waals surface area contributed by atoms with Crippen LogP contribution in [0.25, 0.3) is 11.1 Å². The van der Waals surface area contributed by atoms with E-state index in [2.05, 4.69) is 40.2 Å². The van der Waals surface area contributed by atoms with Crippen LogP contribution in [-0.2, 0) is 38.1 Å². The number of carbonyl (C=O) groups excluding carboxylic acids is 3. The lowest BCUT2D eigenvalue weighted by Crippen LogP contribution is -2.47. The Kier molecular flexibility index (Phi) is 18.8. The van der Waals surface area contributed by atoms with Gasteiger partial charge in [0, 0.05) is 32.0 Å². The SMILES string of the molecule is CCCOCCOCCC(=O)N[C@@H](CCCCNC(=O)OCC1c2ccccc2-c2ccccc21)C(=O)NCCOCCOCCC(=O)O. The molecule has 1 atom stereocenters. The van der Waals surface area contributed by atoms with Crippen LogP contribution in [0.3, 0.4) is 0 Å². The van der Waals surface area contributed by atoms with Crippen molar-refractivity contribution >= 4 is 23.9 Å². The number of benzene rings is 2. The summed E-state index contributed by atoms with van der Waals surface area (Å²) >= 11 is 0. The van der Waals surface area contributed by atoms with Gasteiger partial charge in [-0.1, -0.05) is 55.5 Å². The number of fused-ring (bicyclic) bond motifs is 3. The highest BCUT2D eigenvalue weighted by atomic mass is 16.5. The minimum Gasteiger partial charge on any atom is -0.481 e. The zero-order valence-corrected chi connectivity index (χ0v) is 28.4. The molecule has 4 N–H and O–H groups in total. The number of ether oxygens (including phenoxy) is 5. The van der Waals surface area contributed by atoms with Crippen LogP contribution in [0.2, 0.25) is 0 Å². The molecule has 1 aliphatic rings. The van der Waals surface area contributed by atoms with Crippen molar-refractivity contribution in [2.24, 2.45) is 0 Å². The molecule has 270 valence electrons. The first-order chi connectivity index (χ1) is 23.9. The molecule has 0 spiro atoms. The van der Waals surface area contributed by atoms with E-state index in [-0.39, 0.29) is 76.8 Å². The summed E-state index contributed by atoms with van der Waals surface area (Å²) in [5.41, 5.74) is 4.61. The summed E-state index contributed by atoms with van der Waals surface area (Å²) in [4.78, 5) is 48.6. The third kappa shape index (κ3) is 14.9. The number of aliphatic carboxylic acids is 1. The van der Waals surface area contributed by atoms with Gasteiger partial charge in [-0.3, -0.25) is 14.4 Å². The summed E-state index contributed by atoms with van der Waals surface area (Å²) in [6.07, 6.45) is 1.96. The van der Waals surface area contributed by atoms with Gasteiger partial charge in [0.15, 0.2) is 0 Å². The summed E-state index contributed by atoms with van der Waals surface area (Å²) in [5, 5.41) is 17.0. The van der Waals surface area contributed by atoms with E-state index in [9.17, 15) is 19.2 Å².